The maximum Gasteiger partial charge on any atom is 0.339 e. The molecule has 0 saturated heterocycles. The van der Waals surface area contributed by atoms with Crippen molar-refractivity contribution in [1.82, 2.24) is 0 Å². The van der Waals surface area contributed by atoms with Crippen molar-refractivity contribution in [3.8, 4) is 17.2 Å². The predicted octanol–water partition coefficient (Wildman–Crippen LogP) is 1.15. The van der Waals surface area contributed by atoms with E-state index in [1.54, 1.807) is 0 Å². The molecule has 2 aromatic carbocycles. The van der Waals surface area contributed by atoms with Crippen molar-refractivity contribution < 1.29 is 32.7 Å². The van der Waals surface area contributed by atoms with E-state index in [4.69, 9.17) is 10.8 Å². The molecule has 0 radical (unpaired) electrons. The fourth-order valence-corrected chi connectivity index (χ4v) is 2.51. The smallest absolute Gasteiger partial charge is 0.339 e. The lowest BCUT2D eigenvalue weighted by molar-refractivity contribution is 0.0696. The summed E-state index contributed by atoms with van der Waals surface area (Å²) in [4.78, 5) is 10.6. The number of aromatic hydroxyl groups is 2. The Morgan fingerprint density at radius 2 is 1.68 bits per heavy atom. The summed E-state index contributed by atoms with van der Waals surface area (Å²) >= 11 is 0. The quantitative estimate of drug-likeness (QED) is 0.372. The number of carbonyl (C=O) groups is 1. The Morgan fingerprint density at radius 3 is 2.23 bits per heavy atom. The summed E-state index contributed by atoms with van der Waals surface area (Å²) in [5, 5.41) is 27.9. The molecule has 0 spiro atoms. The van der Waals surface area contributed by atoms with Gasteiger partial charge in [0, 0.05) is 11.8 Å². The van der Waals surface area contributed by atoms with Crippen molar-refractivity contribution in [1.29, 1.82) is 0 Å². The van der Waals surface area contributed by atoms with Crippen LogP contribution in [-0.4, -0.2) is 29.7 Å². The molecular weight excluding hydrogens is 314 g/mol. The number of nitrogen functional groups attached to an aromatic ring is 1. The largest absolute Gasteiger partial charge is 0.504 e. The van der Waals surface area contributed by atoms with Gasteiger partial charge in [0.1, 0.15) is 4.90 Å². The summed E-state index contributed by atoms with van der Waals surface area (Å²) in [5.41, 5.74) is 5.34. The first-order valence-corrected chi connectivity index (χ1v) is 7.21. The maximum absolute atomic E-state index is 12.1. The highest BCUT2D eigenvalue weighted by atomic mass is 32.2. The van der Waals surface area contributed by atoms with Gasteiger partial charge in [-0.15, -0.1) is 0 Å². The second kappa shape index (κ2) is 5.45. The van der Waals surface area contributed by atoms with Gasteiger partial charge in [-0.25, -0.2) is 4.79 Å². The second-order valence-corrected chi connectivity index (χ2v) is 5.80. The van der Waals surface area contributed by atoms with E-state index in [1.807, 2.05) is 0 Å². The molecule has 8 nitrogen and oxygen atoms in total. The lowest BCUT2D eigenvalue weighted by atomic mass is 10.2. The second-order valence-electron chi connectivity index (χ2n) is 4.25. The van der Waals surface area contributed by atoms with Gasteiger partial charge in [0.25, 0.3) is 0 Å². The summed E-state index contributed by atoms with van der Waals surface area (Å²) < 4.78 is 28.8. The van der Waals surface area contributed by atoms with Gasteiger partial charge in [0.2, 0.25) is 5.75 Å². The molecule has 5 N–H and O–H groups in total. The molecule has 0 aliphatic heterocycles. The van der Waals surface area contributed by atoms with Crippen molar-refractivity contribution in [3.05, 3.63) is 42.0 Å². The number of hydrogen-bond acceptors (Lipinski definition) is 7. The van der Waals surface area contributed by atoms with E-state index < -0.39 is 38.9 Å². The normalized spacial score (nSPS) is 11.1. The van der Waals surface area contributed by atoms with Crippen LogP contribution in [0, 0.1) is 0 Å². The Kier molecular flexibility index (Phi) is 3.83. The van der Waals surface area contributed by atoms with Gasteiger partial charge in [-0.05, 0) is 30.3 Å². The molecule has 0 aliphatic rings. The Hall–Kier alpha value is -2.94. The third-order valence-corrected chi connectivity index (χ3v) is 3.92. The number of aromatic carboxylic acids is 1. The van der Waals surface area contributed by atoms with Gasteiger partial charge >= 0.3 is 16.1 Å². The van der Waals surface area contributed by atoms with E-state index in [1.165, 1.54) is 24.3 Å². The SMILES string of the molecule is Nc1ccc(S(=O)(=O)Oc2cc(C(=O)O)cc(O)c2O)cc1. The molecule has 116 valence electrons. The standard InChI is InChI=1S/C13H11NO7S/c14-8-1-3-9(4-2-8)22(19,20)21-11-6-7(13(17)18)5-10(15)12(11)16/h1-6,15-16H,14H2,(H,17,18). The lowest BCUT2D eigenvalue weighted by Crippen LogP contribution is -2.10. The van der Waals surface area contributed by atoms with Crippen molar-refractivity contribution in [2.45, 2.75) is 4.90 Å². The van der Waals surface area contributed by atoms with E-state index in [-0.39, 0.29) is 4.90 Å². The molecule has 0 heterocycles. The minimum atomic E-state index is -4.33. The fraction of sp³-hybridized carbons (Fsp3) is 0. The predicted molar refractivity (Wildman–Crippen MR) is 75.4 cm³/mol. The Bertz CT molecular complexity index is 828. The number of anilines is 1. The Balaban J connectivity index is 2.45. The topological polar surface area (TPSA) is 147 Å². The highest BCUT2D eigenvalue weighted by Crippen LogP contribution is 2.38. The van der Waals surface area contributed by atoms with Crippen LogP contribution in [0.2, 0.25) is 0 Å². The van der Waals surface area contributed by atoms with Gasteiger partial charge < -0.3 is 25.2 Å². The van der Waals surface area contributed by atoms with Gasteiger partial charge in [0.05, 0.1) is 5.56 Å². The molecule has 0 amide bonds. The van der Waals surface area contributed by atoms with Crippen LogP contribution in [-0.2, 0) is 10.1 Å². The molecular formula is C13H11NO7S. The third-order valence-electron chi connectivity index (χ3n) is 2.67. The highest BCUT2D eigenvalue weighted by Gasteiger charge is 2.22. The maximum atomic E-state index is 12.1. The third kappa shape index (κ3) is 3.04. The molecule has 0 saturated carbocycles. The first kappa shape index (κ1) is 15.4. The molecule has 0 bridgehead atoms. The minimum absolute atomic E-state index is 0.249. The highest BCUT2D eigenvalue weighted by molar-refractivity contribution is 7.87. The van der Waals surface area contributed by atoms with Crippen LogP contribution >= 0.6 is 0 Å². The van der Waals surface area contributed by atoms with E-state index >= 15 is 0 Å². The van der Waals surface area contributed by atoms with Crippen LogP contribution in [0.4, 0.5) is 5.69 Å². The van der Waals surface area contributed by atoms with E-state index in [9.17, 15) is 23.4 Å². The van der Waals surface area contributed by atoms with Gasteiger partial charge in [-0.1, -0.05) is 0 Å². The number of phenols is 2. The van der Waals surface area contributed by atoms with Crippen LogP contribution in [0.3, 0.4) is 0 Å². The van der Waals surface area contributed by atoms with Crippen molar-refractivity contribution in [2.24, 2.45) is 0 Å². The van der Waals surface area contributed by atoms with Crippen LogP contribution in [0.1, 0.15) is 10.4 Å². The average Bonchev–Trinajstić information content (AvgIpc) is 2.43. The van der Waals surface area contributed by atoms with Crippen LogP contribution in [0.5, 0.6) is 17.2 Å². The summed E-state index contributed by atoms with van der Waals surface area (Å²) in [5.74, 6) is -3.83. The summed E-state index contributed by atoms with van der Waals surface area (Å²) in [6, 6.07) is 6.58. The molecule has 2 aromatic rings. The van der Waals surface area contributed by atoms with Crippen molar-refractivity contribution in [2.75, 3.05) is 5.73 Å². The molecule has 0 aromatic heterocycles. The van der Waals surface area contributed by atoms with Crippen LogP contribution in [0.15, 0.2) is 41.3 Å². The molecule has 0 fully saturated rings. The Labute approximate surface area is 125 Å². The number of hydrogen-bond donors (Lipinski definition) is 4. The van der Waals surface area contributed by atoms with E-state index in [2.05, 4.69) is 4.18 Å². The summed E-state index contributed by atoms with van der Waals surface area (Å²) in [6.07, 6.45) is 0. The zero-order chi connectivity index (χ0) is 16.5. The molecule has 0 aliphatic carbocycles. The van der Waals surface area contributed by atoms with Crippen LogP contribution < -0.4 is 9.92 Å². The lowest BCUT2D eigenvalue weighted by Gasteiger charge is -2.10. The summed E-state index contributed by atoms with van der Waals surface area (Å²) in [7, 11) is -4.33. The zero-order valence-electron chi connectivity index (χ0n) is 10.9. The van der Waals surface area contributed by atoms with Gasteiger partial charge in [-0.3, -0.25) is 0 Å². The molecule has 22 heavy (non-hydrogen) atoms. The monoisotopic (exact) mass is 325 g/mol. The van der Waals surface area contributed by atoms with Crippen molar-refractivity contribution >= 4 is 21.8 Å². The number of carboxylic acid groups (broad SMARTS) is 1. The molecule has 0 unspecified atom stereocenters. The zero-order valence-corrected chi connectivity index (χ0v) is 11.7. The number of rotatable bonds is 4. The first-order chi connectivity index (χ1) is 10.2. The molecule has 9 heteroatoms. The number of carboxylic acids is 1. The van der Waals surface area contributed by atoms with Crippen molar-refractivity contribution in [3.63, 3.8) is 0 Å². The first-order valence-electron chi connectivity index (χ1n) is 5.80. The van der Waals surface area contributed by atoms with Gasteiger partial charge in [-0.2, -0.15) is 8.42 Å². The molecule has 2 rings (SSSR count). The van der Waals surface area contributed by atoms with E-state index in [0.717, 1.165) is 12.1 Å². The minimum Gasteiger partial charge on any atom is -0.504 e. The molecule has 0 atom stereocenters. The average molecular weight is 325 g/mol. The van der Waals surface area contributed by atoms with Gasteiger partial charge in [0.15, 0.2) is 11.5 Å². The number of benzene rings is 2. The van der Waals surface area contributed by atoms with E-state index in [0.29, 0.717) is 5.69 Å². The number of phenolic OH excluding ortho intramolecular Hbond substituents is 2. The van der Waals surface area contributed by atoms with Crippen LogP contribution in [0.25, 0.3) is 0 Å². The summed E-state index contributed by atoms with van der Waals surface area (Å²) in [6.45, 7) is 0. The Morgan fingerprint density at radius 1 is 1.09 bits per heavy atom. The fourth-order valence-electron chi connectivity index (χ4n) is 1.58. The number of nitrogens with two attached hydrogens (primary N) is 1.